The van der Waals surface area contributed by atoms with Crippen LogP contribution in [0.2, 0.25) is 0 Å². The Bertz CT molecular complexity index is 553. The number of nitriles is 1. The summed E-state index contributed by atoms with van der Waals surface area (Å²) < 4.78 is 13.3. The Kier molecular flexibility index (Phi) is 4.35. The van der Waals surface area contributed by atoms with Crippen molar-refractivity contribution < 1.29 is 14.3 Å². The second-order valence-corrected chi connectivity index (χ2v) is 5.29. The first-order valence-corrected chi connectivity index (χ1v) is 6.66. The molecular formula is C15H17FN2O2. The Hall–Kier alpha value is -1.93. The molecule has 0 amide bonds. The van der Waals surface area contributed by atoms with Crippen molar-refractivity contribution in [3.63, 3.8) is 0 Å². The monoisotopic (exact) mass is 276 g/mol. The van der Waals surface area contributed by atoms with Crippen molar-refractivity contribution in [1.82, 2.24) is 4.90 Å². The van der Waals surface area contributed by atoms with Gasteiger partial charge in [-0.1, -0.05) is 0 Å². The molecular weight excluding hydrogens is 259 g/mol. The van der Waals surface area contributed by atoms with E-state index in [1.165, 1.54) is 18.2 Å². The lowest BCUT2D eigenvalue weighted by Crippen LogP contribution is -2.42. The molecule has 1 aromatic carbocycles. The number of rotatable bonds is 3. The van der Waals surface area contributed by atoms with Crippen molar-refractivity contribution in [3.05, 3.63) is 35.1 Å². The van der Waals surface area contributed by atoms with E-state index in [0.717, 1.165) is 0 Å². The summed E-state index contributed by atoms with van der Waals surface area (Å²) in [6.07, 6.45) is 1.18. The van der Waals surface area contributed by atoms with Gasteiger partial charge in [-0.15, -0.1) is 0 Å². The molecule has 0 radical (unpaired) electrons. The van der Waals surface area contributed by atoms with Crippen molar-refractivity contribution in [1.29, 1.82) is 5.26 Å². The van der Waals surface area contributed by atoms with E-state index in [1.807, 2.05) is 6.92 Å². The zero-order valence-corrected chi connectivity index (χ0v) is 11.3. The number of aliphatic carboxylic acids is 1. The number of piperidine rings is 1. The summed E-state index contributed by atoms with van der Waals surface area (Å²) >= 11 is 0. The SMILES string of the molecule is CC1CC(C(=O)O)CCN1Cc1cc(F)ccc1C#N. The van der Waals surface area contributed by atoms with Crippen LogP contribution in [0.25, 0.3) is 0 Å². The molecule has 2 atom stereocenters. The fraction of sp³-hybridized carbons (Fsp3) is 0.467. The molecule has 4 nitrogen and oxygen atoms in total. The average molecular weight is 276 g/mol. The molecule has 2 rings (SSSR count). The first kappa shape index (κ1) is 14.5. The topological polar surface area (TPSA) is 64.3 Å². The number of hydrogen-bond acceptors (Lipinski definition) is 3. The highest BCUT2D eigenvalue weighted by Gasteiger charge is 2.29. The van der Waals surface area contributed by atoms with Crippen molar-refractivity contribution >= 4 is 5.97 Å². The Morgan fingerprint density at radius 1 is 1.60 bits per heavy atom. The molecule has 1 aliphatic rings. The van der Waals surface area contributed by atoms with Crippen LogP contribution < -0.4 is 0 Å². The first-order chi connectivity index (χ1) is 9.51. The van der Waals surface area contributed by atoms with E-state index >= 15 is 0 Å². The van der Waals surface area contributed by atoms with Gasteiger partial charge in [0.1, 0.15) is 5.82 Å². The molecule has 2 unspecified atom stereocenters. The van der Waals surface area contributed by atoms with Gasteiger partial charge in [-0.05, 0) is 50.1 Å². The number of benzene rings is 1. The van der Waals surface area contributed by atoms with Crippen LogP contribution in [-0.2, 0) is 11.3 Å². The maximum atomic E-state index is 13.3. The van der Waals surface area contributed by atoms with Gasteiger partial charge in [-0.3, -0.25) is 9.69 Å². The first-order valence-electron chi connectivity index (χ1n) is 6.66. The van der Waals surface area contributed by atoms with Gasteiger partial charge in [0.25, 0.3) is 0 Å². The standard InChI is InChI=1S/C15H17FN2O2/c1-10-6-11(15(19)20)4-5-18(10)9-13-7-14(16)3-2-12(13)8-17/h2-3,7,10-11H,4-6,9H2,1H3,(H,19,20). The number of carboxylic acid groups (broad SMARTS) is 1. The van der Waals surface area contributed by atoms with Gasteiger partial charge < -0.3 is 5.11 Å². The minimum absolute atomic E-state index is 0.111. The third-order valence-corrected chi connectivity index (χ3v) is 3.92. The van der Waals surface area contributed by atoms with Gasteiger partial charge in [0.2, 0.25) is 0 Å². The maximum absolute atomic E-state index is 13.3. The number of halogens is 1. The normalized spacial score (nSPS) is 23.2. The van der Waals surface area contributed by atoms with Crippen LogP contribution in [0.15, 0.2) is 18.2 Å². The van der Waals surface area contributed by atoms with Crippen molar-refractivity contribution in [3.8, 4) is 6.07 Å². The van der Waals surface area contributed by atoms with Crippen LogP contribution in [0.3, 0.4) is 0 Å². The fourth-order valence-corrected chi connectivity index (χ4v) is 2.70. The van der Waals surface area contributed by atoms with Gasteiger partial charge in [-0.2, -0.15) is 5.26 Å². The highest BCUT2D eigenvalue weighted by molar-refractivity contribution is 5.70. The summed E-state index contributed by atoms with van der Waals surface area (Å²) in [4.78, 5) is 13.1. The largest absolute Gasteiger partial charge is 0.481 e. The number of carboxylic acids is 1. The Morgan fingerprint density at radius 3 is 2.95 bits per heavy atom. The molecule has 0 bridgehead atoms. The molecule has 1 fully saturated rings. The van der Waals surface area contributed by atoms with Crippen LogP contribution in [0, 0.1) is 23.1 Å². The third kappa shape index (κ3) is 3.14. The van der Waals surface area contributed by atoms with Gasteiger partial charge >= 0.3 is 5.97 Å². The van der Waals surface area contributed by atoms with Crippen LogP contribution in [-0.4, -0.2) is 28.6 Å². The number of likely N-dealkylation sites (tertiary alicyclic amines) is 1. The number of hydrogen-bond donors (Lipinski definition) is 1. The highest BCUT2D eigenvalue weighted by Crippen LogP contribution is 2.25. The quantitative estimate of drug-likeness (QED) is 0.920. The van der Waals surface area contributed by atoms with Gasteiger partial charge in [-0.25, -0.2) is 4.39 Å². The maximum Gasteiger partial charge on any atom is 0.306 e. The second-order valence-electron chi connectivity index (χ2n) is 5.29. The molecule has 20 heavy (non-hydrogen) atoms. The van der Waals surface area contributed by atoms with E-state index < -0.39 is 5.97 Å². The smallest absolute Gasteiger partial charge is 0.306 e. The minimum atomic E-state index is -0.750. The zero-order chi connectivity index (χ0) is 14.7. The molecule has 1 aliphatic heterocycles. The molecule has 1 aromatic rings. The highest BCUT2D eigenvalue weighted by atomic mass is 19.1. The van der Waals surface area contributed by atoms with Crippen LogP contribution >= 0.6 is 0 Å². The number of carbonyl (C=O) groups is 1. The van der Waals surface area contributed by atoms with E-state index in [-0.39, 0.29) is 17.8 Å². The summed E-state index contributed by atoms with van der Waals surface area (Å²) in [6.45, 7) is 3.11. The fourth-order valence-electron chi connectivity index (χ4n) is 2.70. The lowest BCUT2D eigenvalue weighted by Gasteiger charge is -2.36. The summed E-state index contributed by atoms with van der Waals surface area (Å²) in [6, 6.07) is 6.33. The Morgan fingerprint density at radius 2 is 2.35 bits per heavy atom. The Balaban J connectivity index is 2.10. The van der Waals surface area contributed by atoms with Crippen molar-refractivity contribution in [2.75, 3.05) is 6.54 Å². The van der Waals surface area contributed by atoms with Crippen LogP contribution in [0.4, 0.5) is 4.39 Å². The summed E-state index contributed by atoms with van der Waals surface area (Å²) in [7, 11) is 0. The van der Waals surface area contributed by atoms with Gasteiger partial charge in [0.15, 0.2) is 0 Å². The Labute approximate surface area is 117 Å². The van der Waals surface area contributed by atoms with E-state index in [0.29, 0.717) is 37.1 Å². The molecule has 0 saturated carbocycles. The molecule has 0 aromatic heterocycles. The molecule has 5 heteroatoms. The number of nitrogens with zero attached hydrogens (tertiary/aromatic N) is 2. The molecule has 0 aliphatic carbocycles. The lowest BCUT2D eigenvalue weighted by molar-refractivity contribution is -0.144. The van der Waals surface area contributed by atoms with Gasteiger partial charge in [0, 0.05) is 12.6 Å². The summed E-state index contributed by atoms with van der Waals surface area (Å²) in [5, 5.41) is 18.1. The average Bonchev–Trinajstić information content (AvgIpc) is 2.41. The van der Waals surface area contributed by atoms with Crippen molar-refractivity contribution in [2.24, 2.45) is 5.92 Å². The molecule has 1 heterocycles. The van der Waals surface area contributed by atoms with Crippen molar-refractivity contribution in [2.45, 2.75) is 32.4 Å². The molecule has 106 valence electrons. The van der Waals surface area contributed by atoms with E-state index in [4.69, 9.17) is 10.4 Å². The summed E-state index contributed by atoms with van der Waals surface area (Å²) in [5.74, 6) is -1.41. The van der Waals surface area contributed by atoms with Gasteiger partial charge in [0.05, 0.1) is 17.6 Å². The predicted octanol–water partition coefficient (Wildman–Crippen LogP) is 2.38. The van der Waals surface area contributed by atoms with Crippen LogP contribution in [0.5, 0.6) is 0 Å². The van der Waals surface area contributed by atoms with E-state index in [2.05, 4.69) is 11.0 Å². The van der Waals surface area contributed by atoms with E-state index in [9.17, 15) is 9.18 Å². The second kappa shape index (κ2) is 6.02. The summed E-state index contributed by atoms with van der Waals surface area (Å²) in [5.41, 5.74) is 1.13. The van der Waals surface area contributed by atoms with E-state index in [1.54, 1.807) is 0 Å². The third-order valence-electron chi connectivity index (χ3n) is 3.92. The predicted molar refractivity (Wildman–Crippen MR) is 71.3 cm³/mol. The minimum Gasteiger partial charge on any atom is -0.481 e. The zero-order valence-electron chi connectivity index (χ0n) is 11.3. The van der Waals surface area contributed by atoms with Crippen LogP contribution in [0.1, 0.15) is 30.9 Å². The molecule has 0 spiro atoms. The molecule has 1 saturated heterocycles. The lowest BCUT2D eigenvalue weighted by atomic mass is 9.91. The molecule has 1 N–H and O–H groups in total.